The van der Waals surface area contributed by atoms with Gasteiger partial charge in [0.15, 0.2) is 0 Å². The van der Waals surface area contributed by atoms with Crippen molar-refractivity contribution in [2.45, 2.75) is 59.2 Å². The zero-order valence-electron chi connectivity index (χ0n) is 14.5. The van der Waals surface area contributed by atoms with Crippen LogP contribution in [0.4, 0.5) is 0 Å². The number of aliphatic carboxylic acids is 1. The Bertz CT molecular complexity index is 515. The van der Waals surface area contributed by atoms with Crippen LogP contribution < -0.4 is 0 Å². The topological polar surface area (TPSA) is 104 Å². The Hall–Kier alpha value is -1.14. The molecule has 0 spiro atoms. The Morgan fingerprint density at radius 1 is 1.26 bits per heavy atom. The van der Waals surface area contributed by atoms with Crippen LogP contribution in [0.25, 0.3) is 0 Å². The average molecular weight is 328 g/mol. The summed E-state index contributed by atoms with van der Waals surface area (Å²) in [6, 6.07) is 0. The number of ether oxygens (including phenoxy) is 1. The summed E-state index contributed by atoms with van der Waals surface area (Å²) in [4.78, 5) is 23.4. The van der Waals surface area contributed by atoms with E-state index in [1.54, 1.807) is 13.8 Å². The van der Waals surface area contributed by atoms with Gasteiger partial charge < -0.3 is 20.1 Å². The van der Waals surface area contributed by atoms with E-state index in [9.17, 15) is 24.9 Å². The van der Waals surface area contributed by atoms with Gasteiger partial charge in [0.05, 0.1) is 18.1 Å². The second kappa shape index (κ2) is 5.45. The molecule has 0 aromatic carbocycles. The monoisotopic (exact) mass is 328 g/mol. The van der Waals surface area contributed by atoms with Crippen molar-refractivity contribution in [3.05, 3.63) is 0 Å². The molecule has 0 bridgehead atoms. The molecule has 132 valence electrons. The smallest absolute Gasteiger partial charge is 0.309 e. The predicted molar refractivity (Wildman–Crippen MR) is 82.5 cm³/mol. The van der Waals surface area contributed by atoms with Gasteiger partial charge in [0.2, 0.25) is 0 Å². The first kappa shape index (κ1) is 18.2. The van der Waals surface area contributed by atoms with Gasteiger partial charge >= 0.3 is 11.9 Å². The van der Waals surface area contributed by atoms with Crippen LogP contribution in [0.5, 0.6) is 0 Å². The molecule has 2 aliphatic rings. The molecule has 6 heteroatoms. The van der Waals surface area contributed by atoms with Crippen LogP contribution >= 0.6 is 0 Å². The average Bonchev–Trinajstić information content (AvgIpc) is 2.51. The third kappa shape index (κ3) is 2.47. The Morgan fingerprint density at radius 3 is 2.26 bits per heavy atom. The van der Waals surface area contributed by atoms with Gasteiger partial charge in [0, 0.05) is 18.3 Å². The van der Waals surface area contributed by atoms with Gasteiger partial charge in [0.25, 0.3) is 0 Å². The zero-order chi connectivity index (χ0) is 17.8. The highest BCUT2D eigenvalue weighted by molar-refractivity contribution is 5.73. The number of esters is 1. The second-order valence-corrected chi connectivity index (χ2v) is 8.36. The fraction of sp³-hybridized carbons (Fsp3) is 0.882. The summed E-state index contributed by atoms with van der Waals surface area (Å²) in [6.45, 7) is 8.37. The molecule has 3 N–H and O–H groups in total. The van der Waals surface area contributed by atoms with E-state index in [4.69, 9.17) is 4.74 Å². The summed E-state index contributed by atoms with van der Waals surface area (Å²) < 4.78 is 5.47. The molecule has 0 saturated heterocycles. The number of fused-ring (bicyclic) bond motifs is 1. The van der Waals surface area contributed by atoms with Crippen molar-refractivity contribution in [3.63, 3.8) is 0 Å². The molecule has 0 amide bonds. The van der Waals surface area contributed by atoms with Gasteiger partial charge in [-0.25, -0.2) is 0 Å². The van der Waals surface area contributed by atoms with E-state index in [0.29, 0.717) is 12.8 Å². The van der Waals surface area contributed by atoms with E-state index in [2.05, 4.69) is 0 Å². The number of carboxylic acids is 1. The summed E-state index contributed by atoms with van der Waals surface area (Å²) in [7, 11) is 0. The molecule has 6 nitrogen and oxygen atoms in total. The first-order valence-corrected chi connectivity index (χ1v) is 8.14. The number of carbonyl (C=O) groups is 2. The number of rotatable bonds is 3. The highest BCUT2D eigenvalue weighted by Crippen LogP contribution is 2.66. The Balaban J connectivity index is 2.63. The Morgan fingerprint density at radius 2 is 1.83 bits per heavy atom. The van der Waals surface area contributed by atoms with E-state index >= 15 is 0 Å². The molecule has 2 saturated carbocycles. The molecule has 6 unspecified atom stereocenters. The number of aliphatic hydroxyl groups is 2. The highest BCUT2D eigenvalue weighted by atomic mass is 16.5. The molecule has 0 aromatic rings. The molecule has 2 aliphatic carbocycles. The van der Waals surface area contributed by atoms with Crippen LogP contribution in [-0.4, -0.2) is 45.6 Å². The van der Waals surface area contributed by atoms with Crippen LogP contribution in [0.1, 0.15) is 47.5 Å². The van der Waals surface area contributed by atoms with Crippen LogP contribution in [-0.2, 0) is 14.3 Å². The summed E-state index contributed by atoms with van der Waals surface area (Å²) in [6.07, 6.45) is 0.312. The Kier molecular flexibility index (Phi) is 4.31. The minimum Gasteiger partial charge on any atom is -0.481 e. The summed E-state index contributed by atoms with van der Waals surface area (Å²) in [5, 5.41) is 31.3. The van der Waals surface area contributed by atoms with Crippen LogP contribution in [0.3, 0.4) is 0 Å². The molecule has 0 aromatic heterocycles. The molecular weight excluding hydrogens is 300 g/mol. The van der Waals surface area contributed by atoms with Gasteiger partial charge in [-0.1, -0.05) is 27.7 Å². The zero-order valence-corrected chi connectivity index (χ0v) is 14.5. The molecule has 23 heavy (non-hydrogen) atoms. The lowest BCUT2D eigenvalue weighted by molar-refractivity contribution is -0.223. The van der Waals surface area contributed by atoms with E-state index in [-0.39, 0.29) is 12.5 Å². The standard InChI is InChI=1S/C17H28O6/c1-9-6-11(23-10(2)19)13-15(3,4)7-16(5,8-18)17(13,22)12(9)14(20)21/h9,11-13,18,22H,6-8H2,1-5H3,(H,20,21). The van der Waals surface area contributed by atoms with Crippen molar-refractivity contribution in [1.82, 2.24) is 0 Å². The van der Waals surface area contributed by atoms with Gasteiger partial charge in [-0.05, 0) is 24.2 Å². The Labute approximate surface area is 136 Å². The quantitative estimate of drug-likeness (QED) is 0.677. The normalized spacial score (nSPS) is 45.3. The van der Waals surface area contributed by atoms with Gasteiger partial charge in [-0.2, -0.15) is 0 Å². The summed E-state index contributed by atoms with van der Waals surface area (Å²) >= 11 is 0. The fourth-order valence-corrected chi connectivity index (χ4v) is 5.60. The number of hydrogen-bond acceptors (Lipinski definition) is 5. The maximum atomic E-state index is 11.9. The van der Waals surface area contributed by atoms with Crippen LogP contribution in [0.15, 0.2) is 0 Å². The number of carbonyl (C=O) groups excluding carboxylic acids is 1. The third-order valence-corrected chi connectivity index (χ3v) is 6.08. The summed E-state index contributed by atoms with van der Waals surface area (Å²) in [5.41, 5.74) is -3.05. The van der Waals surface area contributed by atoms with E-state index in [0.717, 1.165) is 0 Å². The van der Waals surface area contributed by atoms with Crippen molar-refractivity contribution in [3.8, 4) is 0 Å². The molecule has 0 radical (unpaired) electrons. The summed E-state index contributed by atoms with van der Waals surface area (Å²) in [5.74, 6) is -3.40. The maximum absolute atomic E-state index is 11.9. The molecule has 6 atom stereocenters. The number of aliphatic hydroxyl groups excluding tert-OH is 1. The molecular formula is C17H28O6. The fourth-order valence-electron chi connectivity index (χ4n) is 5.60. The second-order valence-electron chi connectivity index (χ2n) is 8.36. The SMILES string of the molecule is CC(=O)OC1CC(C)C(C(=O)O)C2(O)C1C(C)(C)CC2(C)CO. The van der Waals surface area contributed by atoms with E-state index < -0.39 is 46.3 Å². The van der Waals surface area contributed by atoms with E-state index in [1.807, 2.05) is 13.8 Å². The lowest BCUT2D eigenvalue weighted by Gasteiger charge is -2.54. The van der Waals surface area contributed by atoms with E-state index in [1.165, 1.54) is 6.92 Å². The molecule has 2 fully saturated rings. The molecule has 2 rings (SSSR count). The van der Waals surface area contributed by atoms with Crippen molar-refractivity contribution in [2.24, 2.45) is 28.6 Å². The lowest BCUT2D eigenvalue weighted by atomic mass is 9.55. The number of hydrogen-bond donors (Lipinski definition) is 3. The first-order chi connectivity index (χ1) is 10.4. The minimum absolute atomic E-state index is 0.313. The number of carboxylic acid groups (broad SMARTS) is 1. The highest BCUT2D eigenvalue weighted by Gasteiger charge is 2.73. The lowest BCUT2D eigenvalue weighted by Crippen LogP contribution is -2.65. The van der Waals surface area contributed by atoms with Gasteiger partial charge in [0.1, 0.15) is 6.10 Å². The molecule has 0 aliphatic heterocycles. The van der Waals surface area contributed by atoms with Gasteiger partial charge in [-0.15, -0.1) is 0 Å². The predicted octanol–water partition coefficient (Wildman–Crippen LogP) is 1.43. The van der Waals surface area contributed by atoms with Crippen molar-refractivity contribution >= 4 is 11.9 Å². The van der Waals surface area contributed by atoms with Gasteiger partial charge in [-0.3, -0.25) is 9.59 Å². The van der Waals surface area contributed by atoms with Crippen molar-refractivity contribution in [2.75, 3.05) is 6.61 Å². The minimum atomic E-state index is -1.63. The van der Waals surface area contributed by atoms with Crippen LogP contribution in [0.2, 0.25) is 0 Å². The van der Waals surface area contributed by atoms with Crippen molar-refractivity contribution < 1.29 is 29.6 Å². The maximum Gasteiger partial charge on any atom is 0.309 e. The van der Waals surface area contributed by atoms with Crippen LogP contribution in [0, 0.1) is 28.6 Å². The van der Waals surface area contributed by atoms with Crippen molar-refractivity contribution in [1.29, 1.82) is 0 Å². The third-order valence-electron chi connectivity index (χ3n) is 6.08. The first-order valence-electron chi connectivity index (χ1n) is 8.14. The largest absolute Gasteiger partial charge is 0.481 e. The molecule has 0 heterocycles.